The molecule has 0 radical (unpaired) electrons. The first-order chi connectivity index (χ1) is 8.61. The van der Waals surface area contributed by atoms with Gasteiger partial charge in [0.15, 0.2) is 0 Å². The van der Waals surface area contributed by atoms with Crippen molar-refractivity contribution in [2.45, 2.75) is 6.04 Å². The Labute approximate surface area is 109 Å². The molecule has 1 saturated heterocycles. The zero-order valence-electron chi connectivity index (χ0n) is 9.47. The van der Waals surface area contributed by atoms with Crippen molar-refractivity contribution in [3.63, 3.8) is 0 Å². The standard InChI is InChI=1S/C11H12ClN3O3/c12-9-7(2-1-3-14-9)10(16)15-5-4-13-6-8(15)11(17)18/h1-3,8,13H,4-6H2,(H,17,18). The van der Waals surface area contributed by atoms with Crippen LogP contribution in [0.5, 0.6) is 0 Å². The first-order valence-corrected chi connectivity index (χ1v) is 5.84. The highest BCUT2D eigenvalue weighted by Gasteiger charge is 2.33. The minimum Gasteiger partial charge on any atom is -0.480 e. The van der Waals surface area contributed by atoms with E-state index in [2.05, 4.69) is 10.3 Å². The Bertz CT molecular complexity index is 480. The average molecular weight is 270 g/mol. The van der Waals surface area contributed by atoms with Gasteiger partial charge in [-0.3, -0.25) is 4.79 Å². The van der Waals surface area contributed by atoms with Gasteiger partial charge in [0.25, 0.3) is 5.91 Å². The predicted octanol–water partition coefficient (Wildman–Crippen LogP) is 0.234. The van der Waals surface area contributed by atoms with E-state index in [9.17, 15) is 9.59 Å². The number of hydrogen-bond acceptors (Lipinski definition) is 4. The van der Waals surface area contributed by atoms with E-state index in [0.29, 0.717) is 13.1 Å². The quantitative estimate of drug-likeness (QED) is 0.751. The molecule has 1 aromatic heterocycles. The van der Waals surface area contributed by atoms with Crippen molar-refractivity contribution in [3.8, 4) is 0 Å². The molecule has 0 aliphatic carbocycles. The molecule has 2 heterocycles. The highest BCUT2D eigenvalue weighted by molar-refractivity contribution is 6.32. The lowest BCUT2D eigenvalue weighted by atomic mass is 10.1. The van der Waals surface area contributed by atoms with E-state index >= 15 is 0 Å². The van der Waals surface area contributed by atoms with Crippen molar-refractivity contribution in [2.24, 2.45) is 0 Å². The normalized spacial score (nSPS) is 19.6. The van der Waals surface area contributed by atoms with Crippen molar-refractivity contribution in [1.29, 1.82) is 0 Å². The third-order valence-electron chi connectivity index (χ3n) is 2.78. The second-order valence-electron chi connectivity index (χ2n) is 3.90. The van der Waals surface area contributed by atoms with Crippen molar-refractivity contribution < 1.29 is 14.7 Å². The molecule has 1 aromatic rings. The maximum absolute atomic E-state index is 12.2. The number of pyridine rings is 1. The highest BCUT2D eigenvalue weighted by Crippen LogP contribution is 2.16. The van der Waals surface area contributed by atoms with Crippen LogP contribution in [-0.4, -0.2) is 52.5 Å². The fraction of sp³-hybridized carbons (Fsp3) is 0.364. The molecule has 1 fully saturated rings. The van der Waals surface area contributed by atoms with E-state index < -0.39 is 17.9 Å². The van der Waals surface area contributed by atoms with Gasteiger partial charge < -0.3 is 15.3 Å². The summed E-state index contributed by atoms with van der Waals surface area (Å²) in [5, 5.41) is 12.1. The van der Waals surface area contributed by atoms with Gasteiger partial charge in [-0.1, -0.05) is 11.6 Å². The van der Waals surface area contributed by atoms with Crippen LogP contribution in [0.3, 0.4) is 0 Å². The van der Waals surface area contributed by atoms with E-state index in [1.807, 2.05) is 0 Å². The number of hydrogen-bond donors (Lipinski definition) is 2. The molecule has 2 N–H and O–H groups in total. The molecule has 7 heteroatoms. The lowest BCUT2D eigenvalue weighted by molar-refractivity contribution is -0.142. The fourth-order valence-corrected chi connectivity index (χ4v) is 2.07. The minimum atomic E-state index is -1.03. The topological polar surface area (TPSA) is 82.5 Å². The maximum atomic E-state index is 12.2. The van der Waals surface area contributed by atoms with Gasteiger partial charge in [0, 0.05) is 25.8 Å². The van der Waals surface area contributed by atoms with Gasteiger partial charge in [0.1, 0.15) is 11.2 Å². The lowest BCUT2D eigenvalue weighted by Gasteiger charge is -2.33. The van der Waals surface area contributed by atoms with E-state index in [4.69, 9.17) is 16.7 Å². The second kappa shape index (κ2) is 5.32. The molecule has 6 nitrogen and oxygen atoms in total. The number of aliphatic carboxylic acids is 1. The van der Waals surface area contributed by atoms with Crippen LogP contribution in [0.15, 0.2) is 18.3 Å². The number of carboxylic acid groups (broad SMARTS) is 1. The van der Waals surface area contributed by atoms with Crippen LogP contribution < -0.4 is 5.32 Å². The number of nitrogens with zero attached hydrogens (tertiary/aromatic N) is 2. The third kappa shape index (κ3) is 2.44. The van der Waals surface area contributed by atoms with Gasteiger partial charge in [0.05, 0.1) is 5.56 Å². The molecule has 0 bridgehead atoms. The number of rotatable bonds is 2. The summed E-state index contributed by atoms with van der Waals surface area (Å²) in [6, 6.07) is 2.26. The molecule has 1 amide bonds. The van der Waals surface area contributed by atoms with Crippen LogP contribution in [0, 0.1) is 0 Å². The average Bonchev–Trinajstić information content (AvgIpc) is 2.38. The van der Waals surface area contributed by atoms with Crippen LogP contribution >= 0.6 is 11.6 Å². The van der Waals surface area contributed by atoms with Gasteiger partial charge >= 0.3 is 5.97 Å². The van der Waals surface area contributed by atoms with Gasteiger partial charge in [-0.25, -0.2) is 9.78 Å². The van der Waals surface area contributed by atoms with E-state index in [0.717, 1.165) is 0 Å². The summed E-state index contributed by atoms with van der Waals surface area (Å²) in [4.78, 5) is 28.5. The molecule has 0 saturated carbocycles. The highest BCUT2D eigenvalue weighted by atomic mass is 35.5. The number of carboxylic acids is 1. The summed E-state index contributed by atoms with van der Waals surface area (Å²) in [7, 11) is 0. The smallest absolute Gasteiger partial charge is 0.327 e. The Balaban J connectivity index is 2.27. The first kappa shape index (κ1) is 12.8. The molecule has 2 rings (SSSR count). The van der Waals surface area contributed by atoms with Gasteiger partial charge in [-0.05, 0) is 12.1 Å². The predicted molar refractivity (Wildman–Crippen MR) is 64.6 cm³/mol. The Morgan fingerprint density at radius 3 is 3.00 bits per heavy atom. The van der Waals surface area contributed by atoms with E-state index in [-0.39, 0.29) is 17.3 Å². The SMILES string of the molecule is O=C(O)C1CNCCN1C(=O)c1cccnc1Cl. The number of carbonyl (C=O) groups is 2. The Hall–Kier alpha value is -1.66. The summed E-state index contributed by atoms with van der Waals surface area (Å²) in [5.41, 5.74) is 0.229. The van der Waals surface area contributed by atoms with E-state index in [1.165, 1.54) is 11.1 Å². The number of aromatic nitrogens is 1. The number of nitrogens with one attached hydrogen (secondary N) is 1. The molecule has 1 atom stereocenters. The maximum Gasteiger partial charge on any atom is 0.327 e. The molecule has 1 aliphatic rings. The Morgan fingerprint density at radius 1 is 1.56 bits per heavy atom. The number of piperazine rings is 1. The third-order valence-corrected chi connectivity index (χ3v) is 3.08. The summed E-state index contributed by atoms with van der Waals surface area (Å²) in [5.74, 6) is -1.43. The summed E-state index contributed by atoms with van der Waals surface area (Å²) in [6.07, 6.45) is 1.48. The number of amides is 1. The second-order valence-corrected chi connectivity index (χ2v) is 4.26. The molecule has 18 heavy (non-hydrogen) atoms. The van der Waals surface area contributed by atoms with Crippen molar-refractivity contribution in [3.05, 3.63) is 29.0 Å². The van der Waals surface area contributed by atoms with Crippen LogP contribution in [0.25, 0.3) is 0 Å². The number of carbonyl (C=O) groups excluding carboxylic acids is 1. The van der Waals surface area contributed by atoms with Crippen molar-refractivity contribution >= 4 is 23.5 Å². The van der Waals surface area contributed by atoms with E-state index in [1.54, 1.807) is 12.1 Å². The lowest BCUT2D eigenvalue weighted by Crippen LogP contribution is -2.57. The zero-order valence-corrected chi connectivity index (χ0v) is 10.2. The van der Waals surface area contributed by atoms with Gasteiger partial charge in [-0.15, -0.1) is 0 Å². The molecule has 96 valence electrons. The number of halogens is 1. The molecular weight excluding hydrogens is 258 g/mol. The van der Waals surface area contributed by atoms with Gasteiger partial charge in [0.2, 0.25) is 0 Å². The molecular formula is C11H12ClN3O3. The Morgan fingerprint density at radius 2 is 2.33 bits per heavy atom. The fourth-order valence-electron chi connectivity index (χ4n) is 1.87. The monoisotopic (exact) mass is 269 g/mol. The Kier molecular flexibility index (Phi) is 3.78. The van der Waals surface area contributed by atoms with Crippen molar-refractivity contribution in [2.75, 3.05) is 19.6 Å². The summed E-state index contributed by atoms with van der Waals surface area (Å²) >= 11 is 5.84. The van der Waals surface area contributed by atoms with Crippen molar-refractivity contribution in [1.82, 2.24) is 15.2 Å². The zero-order chi connectivity index (χ0) is 13.1. The van der Waals surface area contributed by atoms with Crippen LogP contribution in [0.4, 0.5) is 0 Å². The van der Waals surface area contributed by atoms with Crippen LogP contribution in [-0.2, 0) is 4.79 Å². The van der Waals surface area contributed by atoms with Crippen LogP contribution in [0.2, 0.25) is 5.15 Å². The largest absolute Gasteiger partial charge is 0.480 e. The van der Waals surface area contributed by atoms with Crippen LogP contribution in [0.1, 0.15) is 10.4 Å². The molecule has 1 aliphatic heterocycles. The molecule has 0 spiro atoms. The molecule has 0 aromatic carbocycles. The molecule has 1 unspecified atom stereocenters. The summed E-state index contributed by atoms with van der Waals surface area (Å²) < 4.78 is 0. The first-order valence-electron chi connectivity index (χ1n) is 5.46. The minimum absolute atomic E-state index is 0.0881. The summed E-state index contributed by atoms with van der Waals surface area (Å²) in [6.45, 7) is 1.13. The van der Waals surface area contributed by atoms with Gasteiger partial charge in [-0.2, -0.15) is 0 Å².